The first kappa shape index (κ1) is 19.5. The SMILES string of the molecule is O=C(NC1CCC(Nc2ccnc3cc(Cl)ccc23)CC1)c1cccc(I)c1. The van der Waals surface area contributed by atoms with Crippen molar-refractivity contribution >= 4 is 56.7 Å². The van der Waals surface area contributed by atoms with Gasteiger partial charge in [0.15, 0.2) is 0 Å². The number of pyridine rings is 1. The summed E-state index contributed by atoms with van der Waals surface area (Å²) in [5.41, 5.74) is 2.72. The van der Waals surface area contributed by atoms with Gasteiger partial charge in [-0.3, -0.25) is 9.78 Å². The number of carbonyl (C=O) groups is 1. The summed E-state index contributed by atoms with van der Waals surface area (Å²) >= 11 is 8.31. The molecule has 1 fully saturated rings. The van der Waals surface area contributed by atoms with Crippen LogP contribution in [0.15, 0.2) is 54.7 Å². The number of benzene rings is 2. The van der Waals surface area contributed by atoms with Crippen LogP contribution in [-0.2, 0) is 0 Å². The molecule has 4 nitrogen and oxygen atoms in total. The summed E-state index contributed by atoms with van der Waals surface area (Å²) in [5, 5.41) is 8.63. The highest BCUT2D eigenvalue weighted by Crippen LogP contribution is 2.28. The van der Waals surface area contributed by atoms with Gasteiger partial charge in [0.05, 0.1) is 5.52 Å². The van der Waals surface area contributed by atoms with Gasteiger partial charge in [0.1, 0.15) is 0 Å². The Balaban J connectivity index is 1.35. The van der Waals surface area contributed by atoms with Gasteiger partial charge >= 0.3 is 0 Å². The fourth-order valence-electron chi connectivity index (χ4n) is 3.75. The number of nitrogens with one attached hydrogen (secondary N) is 2. The molecule has 2 aromatic carbocycles. The van der Waals surface area contributed by atoms with Gasteiger partial charge in [-0.05, 0) is 90.7 Å². The van der Waals surface area contributed by atoms with Crippen molar-refractivity contribution in [2.45, 2.75) is 37.8 Å². The maximum absolute atomic E-state index is 12.5. The molecule has 0 spiro atoms. The van der Waals surface area contributed by atoms with Crippen LogP contribution in [0.2, 0.25) is 5.02 Å². The van der Waals surface area contributed by atoms with Crippen LogP contribution in [-0.4, -0.2) is 23.0 Å². The van der Waals surface area contributed by atoms with Crippen molar-refractivity contribution in [3.05, 3.63) is 68.9 Å². The second kappa shape index (κ2) is 8.66. The third-order valence-corrected chi connectivity index (χ3v) is 6.12. The Morgan fingerprint density at radius 3 is 2.61 bits per heavy atom. The highest BCUT2D eigenvalue weighted by molar-refractivity contribution is 14.1. The minimum Gasteiger partial charge on any atom is -0.382 e. The predicted octanol–water partition coefficient (Wildman–Crippen LogP) is 5.65. The second-order valence-electron chi connectivity index (χ2n) is 7.20. The lowest BCUT2D eigenvalue weighted by atomic mass is 9.90. The first-order valence-electron chi connectivity index (χ1n) is 9.46. The van der Waals surface area contributed by atoms with Crippen molar-refractivity contribution in [3.63, 3.8) is 0 Å². The molecule has 3 aromatic rings. The molecule has 0 bridgehead atoms. The van der Waals surface area contributed by atoms with E-state index in [-0.39, 0.29) is 11.9 Å². The molecule has 4 rings (SSSR count). The van der Waals surface area contributed by atoms with Crippen molar-refractivity contribution in [3.8, 4) is 0 Å². The molecular formula is C22H21ClIN3O. The number of aromatic nitrogens is 1. The molecule has 0 unspecified atom stereocenters. The number of rotatable bonds is 4. The van der Waals surface area contributed by atoms with Gasteiger partial charge in [-0.15, -0.1) is 0 Å². The fourth-order valence-corrected chi connectivity index (χ4v) is 4.46. The van der Waals surface area contributed by atoms with Crippen LogP contribution in [0.5, 0.6) is 0 Å². The number of carbonyl (C=O) groups excluding carboxylic acids is 1. The van der Waals surface area contributed by atoms with Crippen LogP contribution in [0, 0.1) is 3.57 Å². The van der Waals surface area contributed by atoms with E-state index in [9.17, 15) is 4.79 Å². The van der Waals surface area contributed by atoms with Crippen molar-refractivity contribution in [1.29, 1.82) is 0 Å². The number of anilines is 1. The summed E-state index contributed by atoms with van der Waals surface area (Å²) in [6.45, 7) is 0. The van der Waals surface area contributed by atoms with E-state index >= 15 is 0 Å². The Morgan fingerprint density at radius 1 is 1.04 bits per heavy atom. The van der Waals surface area contributed by atoms with Gasteiger partial charge in [0, 0.05) is 43.5 Å². The molecule has 1 aromatic heterocycles. The molecular weight excluding hydrogens is 485 g/mol. The number of amides is 1. The predicted molar refractivity (Wildman–Crippen MR) is 123 cm³/mol. The third-order valence-electron chi connectivity index (χ3n) is 5.21. The first-order chi connectivity index (χ1) is 13.6. The number of hydrogen-bond acceptors (Lipinski definition) is 3. The molecule has 1 amide bonds. The smallest absolute Gasteiger partial charge is 0.251 e. The molecule has 0 saturated heterocycles. The van der Waals surface area contributed by atoms with E-state index in [1.165, 1.54) is 0 Å². The van der Waals surface area contributed by atoms with Crippen LogP contribution in [0.25, 0.3) is 10.9 Å². The van der Waals surface area contributed by atoms with Crippen LogP contribution >= 0.6 is 34.2 Å². The molecule has 6 heteroatoms. The summed E-state index contributed by atoms with van der Waals surface area (Å²) in [6, 6.07) is 16.1. The van der Waals surface area contributed by atoms with Crippen molar-refractivity contribution in [1.82, 2.24) is 10.3 Å². The number of fused-ring (bicyclic) bond motifs is 1. The van der Waals surface area contributed by atoms with E-state index in [2.05, 4.69) is 38.2 Å². The first-order valence-corrected chi connectivity index (χ1v) is 10.9. The van der Waals surface area contributed by atoms with Gasteiger partial charge in [-0.2, -0.15) is 0 Å². The normalized spacial score (nSPS) is 19.4. The van der Waals surface area contributed by atoms with E-state index < -0.39 is 0 Å². The number of hydrogen-bond donors (Lipinski definition) is 2. The summed E-state index contributed by atoms with van der Waals surface area (Å²) in [4.78, 5) is 16.9. The Hall–Kier alpha value is -1.86. The quantitative estimate of drug-likeness (QED) is 0.451. The monoisotopic (exact) mass is 505 g/mol. The van der Waals surface area contributed by atoms with Crippen LogP contribution in [0.3, 0.4) is 0 Å². The molecule has 1 saturated carbocycles. The average molecular weight is 506 g/mol. The lowest BCUT2D eigenvalue weighted by molar-refractivity contribution is 0.0926. The van der Waals surface area contributed by atoms with E-state index in [1.807, 2.05) is 54.7 Å². The van der Waals surface area contributed by atoms with Crippen molar-refractivity contribution in [2.75, 3.05) is 5.32 Å². The Kier molecular flexibility index (Phi) is 6.01. The standard InChI is InChI=1S/C22H21ClIN3O/c23-15-4-9-19-20(10-11-25-21(19)13-15)26-17-5-7-18(8-6-17)27-22(28)14-2-1-3-16(24)12-14/h1-4,9-13,17-18H,5-8H2,(H,25,26)(H,27,28). The molecule has 1 heterocycles. The van der Waals surface area contributed by atoms with Crippen molar-refractivity contribution in [2.24, 2.45) is 0 Å². The number of halogens is 2. The minimum absolute atomic E-state index is 0.0203. The van der Waals surface area contributed by atoms with Crippen LogP contribution < -0.4 is 10.6 Å². The van der Waals surface area contributed by atoms with Gasteiger partial charge < -0.3 is 10.6 Å². The fraction of sp³-hybridized carbons (Fsp3) is 0.273. The van der Waals surface area contributed by atoms with E-state index in [0.29, 0.717) is 11.1 Å². The Bertz CT molecular complexity index is 1000. The Morgan fingerprint density at radius 2 is 1.82 bits per heavy atom. The second-order valence-corrected chi connectivity index (χ2v) is 8.88. The zero-order chi connectivity index (χ0) is 19.5. The summed E-state index contributed by atoms with van der Waals surface area (Å²) < 4.78 is 1.07. The van der Waals surface area contributed by atoms with E-state index in [4.69, 9.17) is 11.6 Å². The largest absolute Gasteiger partial charge is 0.382 e. The highest BCUT2D eigenvalue weighted by Gasteiger charge is 2.23. The maximum Gasteiger partial charge on any atom is 0.251 e. The van der Waals surface area contributed by atoms with Gasteiger partial charge in [-0.25, -0.2) is 0 Å². The highest BCUT2D eigenvalue weighted by atomic mass is 127. The zero-order valence-electron chi connectivity index (χ0n) is 15.3. The van der Waals surface area contributed by atoms with Crippen LogP contribution in [0.4, 0.5) is 5.69 Å². The molecule has 0 atom stereocenters. The van der Waals surface area contributed by atoms with E-state index in [0.717, 1.165) is 51.4 Å². The summed E-state index contributed by atoms with van der Waals surface area (Å²) in [7, 11) is 0. The maximum atomic E-state index is 12.5. The molecule has 2 N–H and O–H groups in total. The third kappa shape index (κ3) is 4.58. The molecule has 0 aliphatic heterocycles. The topological polar surface area (TPSA) is 54.0 Å². The van der Waals surface area contributed by atoms with E-state index in [1.54, 1.807) is 0 Å². The van der Waals surface area contributed by atoms with Gasteiger partial charge in [0.2, 0.25) is 0 Å². The zero-order valence-corrected chi connectivity index (χ0v) is 18.2. The number of nitrogens with zero attached hydrogens (tertiary/aromatic N) is 1. The lowest BCUT2D eigenvalue weighted by Crippen LogP contribution is -2.40. The van der Waals surface area contributed by atoms with Crippen LogP contribution in [0.1, 0.15) is 36.0 Å². The van der Waals surface area contributed by atoms with Gasteiger partial charge in [0.25, 0.3) is 5.91 Å². The molecule has 28 heavy (non-hydrogen) atoms. The minimum atomic E-state index is 0.0203. The lowest BCUT2D eigenvalue weighted by Gasteiger charge is -2.30. The Labute approximate surface area is 183 Å². The average Bonchev–Trinajstić information content (AvgIpc) is 2.69. The summed E-state index contributed by atoms with van der Waals surface area (Å²) in [6.07, 6.45) is 5.81. The molecule has 1 aliphatic rings. The molecule has 1 aliphatic carbocycles. The van der Waals surface area contributed by atoms with Crippen molar-refractivity contribution < 1.29 is 4.79 Å². The summed E-state index contributed by atoms with van der Waals surface area (Å²) in [5.74, 6) is 0.0203. The van der Waals surface area contributed by atoms with Gasteiger partial charge in [-0.1, -0.05) is 17.7 Å². The molecule has 144 valence electrons. The molecule has 0 radical (unpaired) electrons.